The van der Waals surface area contributed by atoms with Crippen molar-refractivity contribution in [2.75, 3.05) is 58.9 Å². The van der Waals surface area contributed by atoms with Crippen LogP contribution in [-0.2, 0) is 16.1 Å². The quantitative estimate of drug-likeness (QED) is 0.572. The van der Waals surface area contributed by atoms with Crippen LogP contribution in [0.3, 0.4) is 0 Å². The second-order valence-corrected chi connectivity index (χ2v) is 7.05. The third-order valence-electron chi connectivity index (χ3n) is 4.72. The molecular weight excluding hydrogens is 375 g/mol. The Kier molecular flexibility index (Phi) is 8.60. The molecule has 0 aliphatic carbocycles. The van der Waals surface area contributed by atoms with Crippen molar-refractivity contribution >= 4 is 11.8 Å². The van der Waals surface area contributed by atoms with E-state index in [1.54, 1.807) is 17.0 Å². The highest BCUT2D eigenvalue weighted by Gasteiger charge is 2.25. The predicted molar refractivity (Wildman–Crippen MR) is 111 cm³/mol. The fraction of sp³-hybridized carbons (Fsp3) is 0.524. The van der Waals surface area contributed by atoms with Gasteiger partial charge in [-0.05, 0) is 52.2 Å². The average Bonchev–Trinajstić information content (AvgIpc) is 3.10. The largest absolute Gasteiger partial charge is 0.375 e. The fourth-order valence-electron chi connectivity index (χ4n) is 3.06. The topological polar surface area (TPSA) is 62.1 Å². The number of carbonyl (C=O) groups excluding carboxylic acids is 1. The average molecular weight is 407 g/mol. The number of rotatable bonds is 11. The number of aromatic nitrogens is 1. The molecule has 0 atom stereocenters. The van der Waals surface area contributed by atoms with E-state index >= 15 is 0 Å². The number of nitrogens with zero attached hydrogens (tertiary/aromatic N) is 4. The Morgan fingerprint density at radius 3 is 2.34 bits per heavy atom. The highest BCUT2D eigenvalue weighted by molar-refractivity contribution is 5.78. The SMILES string of the molecule is CCN(CC)c1onc(-c2ccc(F)cc2)c1CN(CCN(C)C)C(=O)COC. The molecule has 29 heavy (non-hydrogen) atoms. The Morgan fingerprint density at radius 2 is 1.79 bits per heavy atom. The number of benzene rings is 1. The molecule has 1 aromatic carbocycles. The number of anilines is 1. The van der Waals surface area contributed by atoms with Gasteiger partial charge < -0.3 is 24.0 Å². The van der Waals surface area contributed by atoms with Crippen molar-refractivity contribution in [1.29, 1.82) is 0 Å². The lowest BCUT2D eigenvalue weighted by Crippen LogP contribution is -2.38. The Labute approximate surface area is 172 Å². The second-order valence-electron chi connectivity index (χ2n) is 7.05. The third-order valence-corrected chi connectivity index (χ3v) is 4.72. The molecule has 1 amide bonds. The van der Waals surface area contributed by atoms with Crippen LogP contribution in [0.1, 0.15) is 19.4 Å². The van der Waals surface area contributed by atoms with Crippen molar-refractivity contribution in [3.63, 3.8) is 0 Å². The van der Waals surface area contributed by atoms with Gasteiger partial charge in [-0.15, -0.1) is 0 Å². The van der Waals surface area contributed by atoms with Gasteiger partial charge in [0.1, 0.15) is 18.1 Å². The number of ether oxygens (including phenoxy) is 1. The van der Waals surface area contributed by atoms with E-state index < -0.39 is 0 Å². The van der Waals surface area contributed by atoms with Gasteiger partial charge in [-0.1, -0.05) is 5.16 Å². The van der Waals surface area contributed by atoms with Crippen molar-refractivity contribution in [1.82, 2.24) is 15.0 Å². The maximum Gasteiger partial charge on any atom is 0.248 e. The molecule has 0 aliphatic rings. The third kappa shape index (κ3) is 6.01. The first-order valence-corrected chi connectivity index (χ1v) is 9.82. The Balaban J connectivity index is 2.45. The first kappa shape index (κ1) is 22.8. The van der Waals surface area contributed by atoms with Crippen molar-refractivity contribution in [3.05, 3.63) is 35.6 Å². The van der Waals surface area contributed by atoms with E-state index in [0.717, 1.165) is 24.2 Å². The van der Waals surface area contributed by atoms with Crippen molar-refractivity contribution in [3.8, 4) is 11.3 Å². The van der Waals surface area contributed by atoms with Crippen LogP contribution in [0.4, 0.5) is 10.3 Å². The lowest BCUT2D eigenvalue weighted by molar-refractivity contribution is -0.135. The van der Waals surface area contributed by atoms with Gasteiger partial charge in [0, 0.05) is 38.9 Å². The highest BCUT2D eigenvalue weighted by atomic mass is 19.1. The highest BCUT2D eigenvalue weighted by Crippen LogP contribution is 2.32. The summed E-state index contributed by atoms with van der Waals surface area (Å²) >= 11 is 0. The number of methoxy groups -OCH3 is 1. The summed E-state index contributed by atoms with van der Waals surface area (Å²) in [4.78, 5) is 18.5. The minimum absolute atomic E-state index is 0.00515. The zero-order valence-electron chi connectivity index (χ0n) is 17.9. The van der Waals surface area contributed by atoms with Crippen LogP contribution in [0.2, 0.25) is 0 Å². The Morgan fingerprint density at radius 1 is 1.14 bits per heavy atom. The minimum atomic E-state index is -0.314. The summed E-state index contributed by atoms with van der Waals surface area (Å²) in [7, 11) is 5.43. The molecule has 8 heteroatoms. The molecular formula is C21H31FN4O3. The van der Waals surface area contributed by atoms with Gasteiger partial charge in [0.15, 0.2) is 0 Å². The lowest BCUT2D eigenvalue weighted by Gasteiger charge is -2.26. The molecule has 2 rings (SSSR count). The van der Waals surface area contributed by atoms with Crippen LogP contribution in [-0.4, -0.2) is 74.9 Å². The van der Waals surface area contributed by atoms with Crippen molar-refractivity contribution in [2.45, 2.75) is 20.4 Å². The summed E-state index contributed by atoms with van der Waals surface area (Å²) < 4.78 is 24.2. The van der Waals surface area contributed by atoms with Crippen LogP contribution < -0.4 is 4.90 Å². The minimum Gasteiger partial charge on any atom is -0.375 e. The zero-order chi connectivity index (χ0) is 21.4. The number of likely N-dealkylation sites (N-methyl/N-ethyl adjacent to an activating group) is 1. The van der Waals surface area contributed by atoms with E-state index in [4.69, 9.17) is 9.26 Å². The molecule has 0 bridgehead atoms. The summed E-state index contributed by atoms with van der Waals surface area (Å²) in [5.74, 6) is 0.214. The number of carbonyl (C=O) groups is 1. The monoisotopic (exact) mass is 406 g/mol. The van der Waals surface area contributed by atoms with Crippen molar-refractivity contribution in [2.24, 2.45) is 0 Å². The molecule has 1 heterocycles. The standard InChI is InChI=1S/C21H31FN4O3/c1-6-25(7-2)21-18(14-26(13-12-24(3)4)19(27)15-28-5)20(23-29-21)16-8-10-17(22)11-9-16/h8-11H,6-7,12-15H2,1-5H3. The fourth-order valence-corrected chi connectivity index (χ4v) is 3.06. The summed E-state index contributed by atoms with van der Waals surface area (Å²) in [5, 5.41) is 4.27. The predicted octanol–water partition coefficient (Wildman–Crippen LogP) is 2.86. The van der Waals surface area contributed by atoms with Crippen LogP contribution in [0.15, 0.2) is 28.8 Å². The number of halogens is 1. The van der Waals surface area contributed by atoms with E-state index in [1.165, 1.54) is 19.2 Å². The summed E-state index contributed by atoms with van der Waals surface area (Å²) in [5.41, 5.74) is 2.17. The Hall–Kier alpha value is -2.45. The summed E-state index contributed by atoms with van der Waals surface area (Å²) in [6, 6.07) is 6.13. The molecule has 0 aliphatic heterocycles. The molecule has 1 aromatic heterocycles. The van der Waals surface area contributed by atoms with Gasteiger partial charge in [-0.2, -0.15) is 0 Å². The summed E-state index contributed by atoms with van der Waals surface area (Å²) in [6.45, 7) is 7.15. The number of amides is 1. The number of hydrogen-bond donors (Lipinski definition) is 0. The van der Waals surface area contributed by atoms with E-state index in [-0.39, 0.29) is 18.3 Å². The lowest BCUT2D eigenvalue weighted by atomic mass is 10.1. The molecule has 0 radical (unpaired) electrons. The van der Waals surface area contributed by atoms with E-state index in [2.05, 4.69) is 10.1 Å². The van der Waals surface area contributed by atoms with Crippen LogP contribution >= 0.6 is 0 Å². The number of hydrogen-bond acceptors (Lipinski definition) is 6. The molecule has 0 unspecified atom stereocenters. The molecule has 0 N–H and O–H groups in total. The van der Waals surface area contributed by atoms with Gasteiger partial charge in [0.05, 0.1) is 12.1 Å². The molecule has 0 saturated heterocycles. The van der Waals surface area contributed by atoms with Crippen LogP contribution in [0.25, 0.3) is 11.3 Å². The van der Waals surface area contributed by atoms with Gasteiger partial charge in [0.2, 0.25) is 11.8 Å². The molecule has 7 nitrogen and oxygen atoms in total. The smallest absolute Gasteiger partial charge is 0.248 e. The molecule has 0 spiro atoms. The van der Waals surface area contributed by atoms with Crippen LogP contribution in [0, 0.1) is 5.82 Å². The molecule has 0 fully saturated rings. The van der Waals surface area contributed by atoms with Gasteiger partial charge in [-0.3, -0.25) is 4.79 Å². The van der Waals surface area contributed by atoms with Crippen molar-refractivity contribution < 1.29 is 18.4 Å². The van der Waals surface area contributed by atoms with E-state index in [1.807, 2.05) is 32.8 Å². The van der Waals surface area contributed by atoms with Gasteiger partial charge >= 0.3 is 0 Å². The zero-order valence-corrected chi connectivity index (χ0v) is 17.9. The maximum absolute atomic E-state index is 13.4. The first-order chi connectivity index (χ1) is 13.9. The maximum atomic E-state index is 13.4. The Bertz CT molecular complexity index is 773. The molecule has 2 aromatic rings. The van der Waals surface area contributed by atoms with E-state index in [0.29, 0.717) is 31.2 Å². The molecule has 160 valence electrons. The first-order valence-electron chi connectivity index (χ1n) is 9.82. The normalized spacial score (nSPS) is 11.1. The molecule has 0 saturated carbocycles. The van der Waals surface area contributed by atoms with Crippen LogP contribution in [0.5, 0.6) is 0 Å². The summed E-state index contributed by atoms with van der Waals surface area (Å²) in [6.07, 6.45) is 0. The van der Waals surface area contributed by atoms with Gasteiger partial charge in [0.25, 0.3) is 0 Å². The second kappa shape index (κ2) is 10.9. The van der Waals surface area contributed by atoms with E-state index in [9.17, 15) is 9.18 Å². The van der Waals surface area contributed by atoms with Gasteiger partial charge in [-0.25, -0.2) is 4.39 Å².